The molecule has 0 bridgehead atoms. The van der Waals surface area contributed by atoms with E-state index in [4.69, 9.17) is 27.1 Å². The molecule has 0 radical (unpaired) electrons. The maximum Gasteiger partial charge on any atom is 0.277 e. The molecule has 10 heteroatoms. The van der Waals surface area contributed by atoms with Gasteiger partial charge >= 0.3 is 0 Å². The third kappa shape index (κ3) is 4.25. The first kappa shape index (κ1) is 24.0. The van der Waals surface area contributed by atoms with E-state index in [0.717, 1.165) is 61.1 Å². The number of likely N-dealkylation sites (tertiary alicyclic amines) is 1. The summed E-state index contributed by atoms with van der Waals surface area (Å²) in [4.78, 5) is 50.9. The van der Waals surface area contributed by atoms with Gasteiger partial charge in [0.05, 0.1) is 21.9 Å². The largest absolute Gasteiger partial charge is 0.366 e. The Balaban J connectivity index is 1.45. The average molecular weight is 529 g/mol. The van der Waals surface area contributed by atoms with Crippen molar-refractivity contribution in [2.24, 2.45) is 11.7 Å². The molecule has 6 rings (SSSR count). The fraction of sp³-hybridized carbons (Fsp3) is 0.577. The number of ether oxygens (including phenoxy) is 1. The minimum absolute atomic E-state index is 0.0227. The minimum Gasteiger partial charge on any atom is -0.366 e. The van der Waals surface area contributed by atoms with Gasteiger partial charge in [-0.3, -0.25) is 19.4 Å². The van der Waals surface area contributed by atoms with Crippen LogP contribution in [0.5, 0.6) is 0 Å². The summed E-state index contributed by atoms with van der Waals surface area (Å²) in [6.45, 7) is 0.235. The van der Waals surface area contributed by atoms with Gasteiger partial charge in [-0.2, -0.15) is 0 Å². The second-order valence-corrected chi connectivity index (χ2v) is 12.0. The molecular formula is C26H29ClN4O4S. The van der Waals surface area contributed by atoms with E-state index in [2.05, 4.69) is 11.1 Å². The van der Waals surface area contributed by atoms with E-state index in [-0.39, 0.29) is 35.8 Å². The zero-order valence-electron chi connectivity index (χ0n) is 19.9. The highest BCUT2D eigenvalue weighted by molar-refractivity contribution is 7.17. The molecule has 2 saturated carbocycles. The quantitative estimate of drug-likeness (QED) is 0.572. The van der Waals surface area contributed by atoms with Crippen molar-refractivity contribution >= 4 is 40.5 Å². The van der Waals surface area contributed by atoms with Gasteiger partial charge in [0.25, 0.3) is 5.91 Å². The Morgan fingerprint density at radius 2 is 1.97 bits per heavy atom. The third-order valence-electron chi connectivity index (χ3n) is 7.99. The van der Waals surface area contributed by atoms with Crippen LogP contribution in [-0.2, 0) is 14.3 Å². The lowest BCUT2D eigenvalue weighted by Crippen LogP contribution is -2.45. The summed E-state index contributed by atoms with van der Waals surface area (Å²) in [7, 11) is 0. The number of halogens is 1. The Morgan fingerprint density at radius 1 is 1.19 bits per heavy atom. The predicted octanol–water partition coefficient (Wildman–Crippen LogP) is 3.63. The number of Topliss-reactive ketones (excluding diaryl/α,β-unsaturated/α-hetero) is 1. The van der Waals surface area contributed by atoms with Gasteiger partial charge in [-0.25, -0.2) is 4.98 Å². The fourth-order valence-electron chi connectivity index (χ4n) is 6.06. The second kappa shape index (κ2) is 9.50. The van der Waals surface area contributed by atoms with Gasteiger partial charge < -0.3 is 15.4 Å². The third-order valence-corrected chi connectivity index (χ3v) is 9.51. The van der Waals surface area contributed by atoms with Crippen molar-refractivity contribution in [1.29, 1.82) is 0 Å². The van der Waals surface area contributed by atoms with E-state index in [1.54, 1.807) is 11.1 Å². The highest BCUT2D eigenvalue weighted by Crippen LogP contribution is 2.46. The summed E-state index contributed by atoms with van der Waals surface area (Å²) in [6.07, 6.45) is 8.52. The number of rotatable bonds is 6. The molecule has 0 aromatic carbocycles. The molecule has 4 aliphatic rings. The first-order valence-electron chi connectivity index (χ1n) is 12.8. The molecule has 2 amide bonds. The molecule has 2 N–H and O–H groups in total. The molecule has 2 aromatic rings. The first-order valence-corrected chi connectivity index (χ1v) is 14.0. The molecule has 2 aliphatic carbocycles. The standard InChI is InChI=1S/C26H29ClN4O4S/c27-16-11-31(21-18(32)12-35-22(16)21)26(34)19(14-4-2-1-3-5-14)20-23(36-25(30-20)24(28)33)15-8-9-29-17(10-15)13-6-7-13/h8-10,13-14,16,19,21-22H,1-7,11-12H2,(H2,28,33)/t16-,19-,21+,22+/m0/s1. The lowest BCUT2D eigenvalue weighted by molar-refractivity contribution is -0.139. The summed E-state index contributed by atoms with van der Waals surface area (Å²) >= 11 is 7.76. The van der Waals surface area contributed by atoms with Gasteiger partial charge in [0.15, 0.2) is 10.8 Å². The first-order chi connectivity index (χ1) is 17.4. The van der Waals surface area contributed by atoms with Gasteiger partial charge in [-0.15, -0.1) is 22.9 Å². The van der Waals surface area contributed by atoms with Crippen LogP contribution in [0.15, 0.2) is 18.3 Å². The van der Waals surface area contributed by atoms with Gasteiger partial charge in [0.1, 0.15) is 18.8 Å². The smallest absolute Gasteiger partial charge is 0.277 e. The Bertz CT molecular complexity index is 1210. The maximum absolute atomic E-state index is 14.3. The van der Waals surface area contributed by atoms with Crippen molar-refractivity contribution in [3.8, 4) is 10.4 Å². The molecular weight excluding hydrogens is 500 g/mol. The van der Waals surface area contributed by atoms with E-state index in [9.17, 15) is 14.4 Å². The van der Waals surface area contributed by atoms with E-state index < -0.39 is 29.3 Å². The number of nitrogens with zero attached hydrogens (tertiary/aromatic N) is 3. The number of ketones is 1. The Labute approximate surface area is 218 Å². The topological polar surface area (TPSA) is 115 Å². The van der Waals surface area contributed by atoms with Gasteiger partial charge in [-0.05, 0) is 49.3 Å². The van der Waals surface area contributed by atoms with E-state index >= 15 is 0 Å². The average Bonchev–Trinajstić information content (AvgIpc) is 3.40. The number of aromatic nitrogens is 2. The Hall–Kier alpha value is -2.36. The second-order valence-electron chi connectivity index (χ2n) is 10.4. The molecule has 36 heavy (non-hydrogen) atoms. The molecule has 4 fully saturated rings. The van der Waals surface area contributed by atoms with Crippen molar-refractivity contribution in [2.75, 3.05) is 13.2 Å². The number of carbonyl (C=O) groups is 3. The van der Waals surface area contributed by atoms with Crippen LogP contribution in [0.3, 0.4) is 0 Å². The highest BCUT2D eigenvalue weighted by Gasteiger charge is 2.53. The van der Waals surface area contributed by atoms with E-state index in [1.165, 1.54) is 11.3 Å². The van der Waals surface area contributed by atoms with Crippen molar-refractivity contribution in [1.82, 2.24) is 14.9 Å². The number of nitrogens with two attached hydrogens (primary N) is 1. The molecule has 2 aliphatic heterocycles. The summed E-state index contributed by atoms with van der Waals surface area (Å²) in [6, 6.07) is 3.30. The van der Waals surface area contributed by atoms with Crippen LogP contribution in [0.2, 0.25) is 0 Å². The van der Waals surface area contributed by atoms with Crippen LogP contribution < -0.4 is 5.73 Å². The lowest BCUT2D eigenvalue weighted by atomic mass is 9.77. The monoisotopic (exact) mass is 528 g/mol. The number of primary amides is 1. The maximum atomic E-state index is 14.3. The number of hydrogen-bond donors (Lipinski definition) is 1. The number of hydrogen-bond acceptors (Lipinski definition) is 7. The highest BCUT2D eigenvalue weighted by atomic mass is 35.5. The molecule has 190 valence electrons. The van der Waals surface area contributed by atoms with E-state index in [0.29, 0.717) is 11.6 Å². The number of carbonyl (C=O) groups excluding carboxylic acids is 3. The predicted molar refractivity (Wildman–Crippen MR) is 135 cm³/mol. The van der Waals surface area contributed by atoms with Crippen LogP contribution in [-0.4, -0.2) is 63.1 Å². The molecule has 0 unspecified atom stereocenters. The van der Waals surface area contributed by atoms with Crippen molar-refractivity contribution < 1.29 is 19.1 Å². The number of pyridine rings is 1. The zero-order valence-corrected chi connectivity index (χ0v) is 21.5. The summed E-state index contributed by atoms with van der Waals surface area (Å²) in [5.74, 6) is -0.944. The van der Waals surface area contributed by atoms with Crippen molar-refractivity contribution in [2.45, 2.75) is 74.3 Å². The van der Waals surface area contributed by atoms with Crippen LogP contribution in [0, 0.1) is 5.92 Å². The van der Waals surface area contributed by atoms with Crippen LogP contribution in [0.25, 0.3) is 10.4 Å². The van der Waals surface area contributed by atoms with E-state index in [1.807, 2.05) is 6.07 Å². The molecule has 2 aromatic heterocycles. The SMILES string of the molecule is NC(=O)c1nc([C@@H](C(=O)N2C[C@H](Cl)[C@H]3OCC(=O)[C@H]32)C2CCCCC2)c(-c2ccnc(C3CC3)c2)s1. The molecule has 8 nitrogen and oxygen atoms in total. The van der Waals surface area contributed by atoms with Gasteiger partial charge in [0, 0.05) is 24.4 Å². The molecule has 2 saturated heterocycles. The number of amides is 2. The lowest BCUT2D eigenvalue weighted by Gasteiger charge is -2.33. The van der Waals surface area contributed by atoms with Crippen molar-refractivity contribution in [3.05, 3.63) is 34.7 Å². The summed E-state index contributed by atoms with van der Waals surface area (Å²) < 4.78 is 5.63. The Kier molecular flexibility index (Phi) is 6.34. The number of thiazole rings is 1. The van der Waals surface area contributed by atoms with Gasteiger partial charge in [-0.1, -0.05) is 19.3 Å². The van der Waals surface area contributed by atoms with Crippen molar-refractivity contribution in [3.63, 3.8) is 0 Å². The fourth-order valence-corrected chi connectivity index (χ4v) is 7.38. The molecule has 4 atom stereocenters. The molecule has 4 heterocycles. The zero-order chi connectivity index (χ0) is 25.0. The van der Waals surface area contributed by atoms with Crippen LogP contribution in [0.4, 0.5) is 0 Å². The summed E-state index contributed by atoms with van der Waals surface area (Å²) in [5.41, 5.74) is 8.17. The Morgan fingerprint density at radius 3 is 2.69 bits per heavy atom. The van der Waals surface area contributed by atoms with Crippen LogP contribution in [0.1, 0.15) is 78.0 Å². The molecule has 0 spiro atoms. The number of alkyl halides is 1. The summed E-state index contributed by atoms with van der Waals surface area (Å²) in [5, 5.41) is -0.247. The van der Waals surface area contributed by atoms with Crippen LogP contribution >= 0.6 is 22.9 Å². The number of fused-ring (bicyclic) bond motifs is 1. The minimum atomic E-state index is -0.661. The normalized spacial score (nSPS) is 27.3. The van der Waals surface area contributed by atoms with Gasteiger partial charge in [0.2, 0.25) is 5.91 Å².